The van der Waals surface area contributed by atoms with E-state index in [1.165, 1.54) is 6.07 Å². The van der Waals surface area contributed by atoms with E-state index in [0.29, 0.717) is 5.75 Å². The second-order valence-electron chi connectivity index (χ2n) is 4.52. The van der Waals surface area contributed by atoms with Gasteiger partial charge in [0.05, 0.1) is 0 Å². The van der Waals surface area contributed by atoms with Gasteiger partial charge in [0.25, 0.3) is 0 Å². The van der Waals surface area contributed by atoms with Crippen molar-refractivity contribution in [2.24, 2.45) is 0 Å². The minimum atomic E-state index is -0.992. The summed E-state index contributed by atoms with van der Waals surface area (Å²) in [6, 6.07) is 12.2. The third kappa shape index (κ3) is 2.71. The van der Waals surface area contributed by atoms with Gasteiger partial charge in [-0.2, -0.15) is 0 Å². The molecule has 20 heavy (non-hydrogen) atoms. The first kappa shape index (κ1) is 13.9. The third-order valence-electron chi connectivity index (χ3n) is 3.16. The van der Waals surface area contributed by atoms with Gasteiger partial charge in [0, 0.05) is 20.7 Å². The van der Waals surface area contributed by atoms with E-state index in [1.807, 2.05) is 24.3 Å². The monoisotopic (exact) mass is 354 g/mol. The van der Waals surface area contributed by atoms with E-state index >= 15 is 0 Å². The number of ether oxygens (including phenoxy) is 1. The highest BCUT2D eigenvalue weighted by Crippen LogP contribution is 2.38. The molecule has 2 nitrogen and oxygen atoms in total. The van der Waals surface area contributed by atoms with Crippen LogP contribution in [0, 0.1) is 5.82 Å². The van der Waals surface area contributed by atoms with E-state index in [9.17, 15) is 9.50 Å². The lowest BCUT2D eigenvalue weighted by Gasteiger charge is -2.29. The number of hydrogen-bond acceptors (Lipinski definition) is 3. The second-order valence-corrected chi connectivity index (χ2v) is 6.50. The summed E-state index contributed by atoms with van der Waals surface area (Å²) >= 11 is 4.90. The molecule has 3 rings (SSSR count). The van der Waals surface area contributed by atoms with Crippen molar-refractivity contribution in [2.75, 3.05) is 5.75 Å². The lowest BCUT2D eigenvalue weighted by Crippen LogP contribution is -2.30. The SMILES string of the molecule is OC(c1cc(Br)ccc1F)C1CSc2ccccc2O1. The largest absolute Gasteiger partial charge is 0.485 e. The van der Waals surface area contributed by atoms with Crippen molar-refractivity contribution in [3.8, 4) is 5.75 Å². The molecule has 1 aliphatic rings. The average molecular weight is 355 g/mol. The predicted molar refractivity (Wildman–Crippen MR) is 80.6 cm³/mol. The van der Waals surface area contributed by atoms with Crippen LogP contribution >= 0.6 is 27.7 Å². The molecule has 0 spiro atoms. The van der Waals surface area contributed by atoms with Gasteiger partial charge in [0.15, 0.2) is 0 Å². The molecule has 0 amide bonds. The number of thioether (sulfide) groups is 1. The summed E-state index contributed by atoms with van der Waals surface area (Å²) in [5.41, 5.74) is 0.254. The zero-order valence-corrected chi connectivity index (χ0v) is 12.8. The molecule has 0 saturated carbocycles. The first-order chi connectivity index (χ1) is 9.65. The fraction of sp³-hybridized carbons (Fsp3) is 0.200. The van der Waals surface area contributed by atoms with Crippen molar-refractivity contribution in [3.63, 3.8) is 0 Å². The van der Waals surface area contributed by atoms with Gasteiger partial charge in [0.1, 0.15) is 23.8 Å². The fourth-order valence-electron chi connectivity index (χ4n) is 2.13. The van der Waals surface area contributed by atoms with E-state index in [1.54, 1.807) is 23.9 Å². The maximum Gasteiger partial charge on any atom is 0.138 e. The maximum absolute atomic E-state index is 13.8. The Bertz CT molecular complexity index is 635. The van der Waals surface area contributed by atoms with Gasteiger partial charge in [-0.05, 0) is 30.3 Å². The molecule has 0 bridgehead atoms. The first-order valence-electron chi connectivity index (χ1n) is 6.16. The van der Waals surface area contributed by atoms with Crippen molar-refractivity contribution in [2.45, 2.75) is 17.1 Å². The van der Waals surface area contributed by atoms with Crippen LogP contribution in [0.5, 0.6) is 5.75 Å². The summed E-state index contributed by atoms with van der Waals surface area (Å²) in [4.78, 5) is 1.05. The Morgan fingerprint density at radius 3 is 2.95 bits per heavy atom. The van der Waals surface area contributed by atoms with Crippen LogP contribution in [0.2, 0.25) is 0 Å². The number of halogens is 2. The van der Waals surface area contributed by atoms with Crippen LogP contribution in [0.3, 0.4) is 0 Å². The summed E-state index contributed by atoms with van der Waals surface area (Å²) < 4.78 is 20.4. The molecule has 1 heterocycles. The van der Waals surface area contributed by atoms with Crippen LogP contribution < -0.4 is 4.74 Å². The van der Waals surface area contributed by atoms with E-state index in [0.717, 1.165) is 15.1 Å². The lowest BCUT2D eigenvalue weighted by molar-refractivity contribution is 0.0433. The van der Waals surface area contributed by atoms with Crippen molar-refractivity contribution >= 4 is 27.7 Å². The predicted octanol–water partition coefficient (Wildman–Crippen LogP) is 4.17. The van der Waals surface area contributed by atoms with Crippen LogP contribution in [-0.4, -0.2) is 17.0 Å². The number of aliphatic hydroxyl groups excluding tert-OH is 1. The highest BCUT2D eigenvalue weighted by atomic mass is 79.9. The molecule has 0 aromatic heterocycles. The lowest BCUT2D eigenvalue weighted by atomic mass is 10.0. The van der Waals surface area contributed by atoms with Crippen molar-refractivity contribution in [1.82, 2.24) is 0 Å². The minimum Gasteiger partial charge on any atom is -0.485 e. The Morgan fingerprint density at radius 2 is 2.10 bits per heavy atom. The number of fused-ring (bicyclic) bond motifs is 1. The molecule has 1 N–H and O–H groups in total. The Morgan fingerprint density at radius 1 is 1.30 bits per heavy atom. The molecular formula is C15H12BrFO2S. The molecule has 0 fully saturated rings. The average Bonchev–Trinajstić information content (AvgIpc) is 2.48. The van der Waals surface area contributed by atoms with Gasteiger partial charge in [-0.15, -0.1) is 11.8 Å². The molecule has 104 valence electrons. The molecule has 2 aromatic carbocycles. The molecule has 1 aliphatic heterocycles. The van der Waals surface area contributed by atoms with Gasteiger partial charge in [-0.3, -0.25) is 0 Å². The minimum absolute atomic E-state index is 0.254. The molecule has 0 radical (unpaired) electrons. The number of hydrogen-bond donors (Lipinski definition) is 1. The Balaban J connectivity index is 1.85. The number of para-hydroxylation sites is 1. The molecule has 2 unspecified atom stereocenters. The number of aliphatic hydroxyl groups is 1. The first-order valence-corrected chi connectivity index (χ1v) is 7.94. The van der Waals surface area contributed by atoms with Crippen molar-refractivity contribution in [3.05, 3.63) is 58.3 Å². The smallest absolute Gasteiger partial charge is 0.138 e. The Labute approximate surface area is 129 Å². The third-order valence-corrected chi connectivity index (χ3v) is 4.80. The van der Waals surface area contributed by atoms with Gasteiger partial charge < -0.3 is 9.84 Å². The zero-order chi connectivity index (χ0) is 14.1. The van der Waals surface area contributed by atoms with Gasteiger partial charge >= 0.3 is 0 Å². The Kier molecular flexibility index (Phi) is 4.01. The highest BCUT2D eigenvalue weighted by molar-refractivity contribution is 9.10. The Hall–Kier alpha value is -1.04. The highest BCUT2D eigenvalue weighted by Gasteiger charge is 2.29. The van der Waals surface area contributed by atoms with Gasteiger partial charge in [0.2, 0.25) is 0 Å². The summed E-state index contributed by atoms with van der Waals surface area (Å²) in [5.74, 6) is 0.904. The molecule has 0 saturated heterocycles. The summed E-state index contributed by atoms with van der Waals surface area (Å²) in [6.07, 6.45) is -1.45. The van der Waals surface area contributed by atoms with Crippen LogP contribution in [0.15, 0.2) is 51.8 Å². The zero-order valence-electron chi connectivity index (χ0n) is 10.4. The molecule has 0 aliphatic carbocycles. The molecule has 2 aromatic rings. The maximum atomic E-state index is 13.8. The molecule has 5 heteroatoms. The number of rotatable bonds is 2. The van der Waals surface area contributed by atoms with Crippen molar-refractivity contribution < 1.29 is 14.2 Å². The van der Waals surface area contributed by atoms with E-state index in [2.05, 4.69) is 15.9 Å². The van der Waals surface area contributed by atoms with Crippen LogP contribution in [0.25, 0.3) is 0 Å². The summed E-state index contributed by atoms with van der Waals surface area (Å²) in [5, 5.41) is 10.4. The number of benzene rings is 2. The quantitative estimate of drug-likeness (QED) is 0.877. The topological polar surface area (TPSA) is 29.5 Å². The summed E-state index contributed by atoms with van der Waals surface area (Å²) in [7, 11) is 0. The second kappa shape index (κ2) is 5.76. The van der Waals surface area contributed by atoms with Crippen LogP contribution in [0.4, 0.5) is 4.39 Å². The molecular weight excluding hydrogens is 343 g/mol. The van der Waals surface area contributed by atoms with Crippen molar-refractivity contribution in [1.29, 1.82) is 0 Å². The van der Waals surface area contributed by atoms with E-state index in [4.69, 9.17) is 4.74 Å². The molecule has 2 atom stereocenters. The van der Waals surface area contributed by atoms with Gasteiger partial charge in [-0.25, -0.2) is 4.39 Å². The van der Waals surface area contributed by atoms with E-state index < -0.39 is 18.0 Å². The van der Waals surface area contributed by atoms with Crippen LogP contribution in [0.1, 0.15) is 11.7 Å². The fourth-order valence-corrected chi connectivity index (χ4v) is 3.54. The van der Waals surface area contributed by atoms with E-state index in [-0.39, 0.29) is 5.56 Å². The summed E-state index contributed by atoms with van der Waals surface area (Å²) in [6.45, 7) is 0. The standard InChI is InChI=1S/C15H12BrFO2S/c16-9-5-6-11(17)10(7-9)15(18)13-8-20-14-4-2-1-3-12(14)19-13/h1-7,13,15,18H,8H2. The van der Waals surface area contributed by atoms with Crippen LogP contribution in [-0.2, 0) is 0 Å². The normalized spacial score (nSPS) is 19.1. The van der Waals surface area contributed by atoms with Gasteiger partial charge in [-0.1, -0.05) is 28.1 Å².